The Morgan fingerprint density at radius 2 is 1.68 bits per heavy atom. The molecule has 2 amide bonds. The Balaban J connectivity index is 1.55. The molecule has 2 aromatic rings. The first-order chi connectivity index (χ1) is 13.3. The molecular formula is C23H28N2O3. The number of ether oxygens (including phenoxy) is 1. The summed E-state index contributed by atoms with van der Waals surface area (Å²) in [4.78, 5) is 24.4. The molecule has 2 aromatic carbocycles. The number of rotatable bonds is 6. The van der Waals surface area contributed by atoms with Gasteiger partial charge in [0.25, 0.3) is 0 Å². The van der Waals surface area contributed by atoms with Crippen LogP contribution in [0.4, 0.5) is 10.5 Å². The minimum atomic E-state index is -0.543. The Bertz CT molecular complexity index is 806. The van der Waals surface area contributed by atoms with Crippen molar-refractivity contribution in [3.05, 3.63) is 65.7 Å². The van der Waals surface area contributed by atoms with Gasteiger partial charge in [-0.25, -0.2) is 4.79 Å². The standard InChI is InChI=1S/C23H28N2O3/c1-23(2,3)28-22(27)24-19-13-9-16(10-14-19)15-20(26)25-21(18-11-12-18)17-7-5-4-6-8-17/h4-10,13-14,18,21H,11-12,15H2,1-3H3,(H,24,27)(H,25,26)/t21-/m1/s1. The van der Waals surface area contributed by atoms with Crippen molar-refractivity contribution in [2.45, 2.75) is 51.7 Å². The zero-order valence-electron chi connectivity index (χ0n) is 16.7. The van der Waals surface area contributed by atoms with Gasteiger partial charge in [-0.05, 0) is 62.8 Å². The van der Waals surface area contributed by atoms with E-state index in [1.165, 1.54) is 0 Å². The first-order valence-electron chi connectivity index (χ1n) is 9.73. The van der Waals surface area contributed by atoms with Crippen LogP contribution >= 0.6 is 0 Å². The Labute approximate surface area is 166 Å². The van der Waals surface area contributed by atoms with Crippen LogP contribution in [0.2, 0.25) is 0 Å². The molecule has 0 saturated heterocycles. The SMILES string of the molecule is CC(C)(C)OC(=O)Nc1ccc(CC(=O)N[C@H](c2ccccc2)C2CC2)cc1. The molecule has 0 heterocycles. The van der Waals surface area contributed by atoms with Crippen LogP contribution in [-0.2, 0) is 16.0 Å². The molecule has 5 nitrogen and oxygen atoms in total. The maximum Gasteiger partial charge on any atom is 0.412 e. The molecule has 5 heteroatoms. The summed E-state index contributed by atoms with van der Waals surface area (Å²) in [6.07, 6.45) is 2.13. The summed E-state index contributed by atoms with van der Waals surface area (Å²) in [5.74, 6) is 0.542. The predicted octanol–water partition coefficient (Wildman–Crippen LogP) is 4.84. The molecule has 0 bridgehead atoms. The predicted molar refractivity (Wildman–Crippen MR) is 110 cm³/mol. The normalized spacial score (nSPS) is 14.8. The highest BCUT2D eigenvalue weighted by atomic mass is 16.6. The highest BCUT2D eigenvalue weighted by Gasteiger charge is 2.33. The smallest absolute Gasteiger partial charge is 0.412 e. The summed E-state index contributed by atoms with van der Waals surface area (Å²) in [5.41, 5.74) is 2.16. The summed E-state index contributed by atoms with van der Waals surface area (Å²) in [5, 5.41) is 5.88. The molecule has 0 unspecified atom stereocenters. The van der Waals surface area contributed by atoms with E-state index in [1.54, 1.807) is 12.1 Å². The molecule has 1 saturated carbocycles. The minimum absolute atomic E-state index is 0.00797. The van der Waals surface area contributed by atoms with Crippen molar-refractivity contribution in [3.8, 4) is 0 Å². The van der Waals surface area contributed by atoms with Gasteiger partial charge in [-0.2, -0.15) is 0 Å². The van der Waals surface area contributed by atoms with E-state index in [0.717, 1.165) is 24.0 Å². The molecular weight excluding hydrogens is 352 g/mol. The van der Waals surface area contributed by atoms with Crippen molar-refractivity contribution in [2.75, 3.05) is 5.32 Å². The van der Waals surface area contributed by atoms with Crippen molar-refractivity contribution >= 4 is 17.7 Å². The third kappa shape index (κ3) is 6.12. The average Bonchev–Trinajstić information content (AvgIpc) is 3.45. The molecule has 0 radical (unpaired) electrons. The first kappa shape index (κ1) is 19.9. The van der Waals surface area contributed by atoms with Gasteiger partial charge in [-0.1, -0.05) is 42.5 Å². The number of nitrogens with one attached hydrogen (secondary N) is 2. The molecule has 1 aliphatic carbocycles. The molecule has 1 aliphatic rings. The summed E-state index contributed by atoms with van der Waals surface area (Å²) in [7, 11) is 0. The molecule has 3 rings (SSSR count). The number of anilines is 1. The lowest BCUT2D eigenvalue weighted by atomic mass is 10.0. The highest BCUT2D eigenvalue weighted by Crippen LogP contribution is 2.40. The fraction of sp³-hybridized carbons (Fsp3) is 0.391. The quantitative estimate of drug-likeness (QED) is 0.753. The van der Waals surface area contributed by atoms with Gasteiger partial charge in [0.2, 0.25) is 5.91 Å². The second-order valence-electron chi connectivity index (χ2n) is 8.29. The number of hydrogen-bond acceptors (Lipinski definition) is 3. The van der Waals surface area contributed by atoms with Gasteiger partial charge in [0.05, 0.1) is 12.5 Å². The second kappa shape index (κ2) is 8.46. The lowest BCUT2D eigenvalue weighted by Gasteiger charge is -2.20. The van der Waals surface area contributed by atoms with Gasteiger partial charge in [-0.3, -0.25) is 10.1 Å². The molecule has 0 aromatic heterocycles. The summed E-state index contributed by atoms with van der Waals surface area (Å²) in [6, 6.07) is 17.5. The van der Waals surface area contributed by atoms with Crippen LogP contribution in [0.3, 0.4) is 0 Å². The van der Waals surface area contributed by atoms with E-state index in [9.17, 15) is 9.59 Å². The van der Waals surface area contributed by atoms with Crippen LogP contribution in [0.25, 0.3) is 0 Å². The summed E-state index contributed by atoms with van der Waals surface area (Å²) < 4.78 is 5.24. The van der Waals surface area contributed by atoms with E-state index in [1.807, 2.05) is 51.1 Å². The van der Waals surface area contributed by atoms with Crippen LogP contribution in [-0.4, -0.2) is 17.6 Å². The van der Waals surface area contributed by atoms with Crippen LogP contribution in [0.15, 0.2) is 54.6 Å². The molecule has 2 N–H and O–H groups in total. The fourth-order valence-corrected chi connectivity index (χ4v) is 3.10. The Morgan fingerprint density at radius 1 is 1.04 bits per heavy atom. The number of benzene rings is 2. The second-order valence-corrected chi connectivity index (χ2v) is 8.29. The van der Waals surface area contributed by atoms with Gasteiger partial charge in [0.1, 0.15) is 5.60 Å². The van der Waals surface area contributed by atoms with Gasteiger partial charge >= 0.3 is 6.09 Å². The fourth-order valence-electron chi connectivity index (χ4n) is 3.10. The molecule has 148 valence electrons. The third-order valence-corrected chi connectivity index (χ3v) is 4.53. The first-order valence-corrected chi connectivity index (χ1v) is 9.73. The Hall–Kier alpha value is -2.82. The van der Waals surface area contributed by atoms with Gasteiger partial charge in [0.15, 0.2) is 0 Å². The van der Waals surface area contributed by atoms with Gasteiger partial charge < -0.3 is 10.1 Å². The van der Waals surface area contributed by atoms with Crippen LogP contribution in [0.5, 0.6) is 0 Å². The number of carbonyl (C=O) groups excluding carboxylic acids is 2. The summed E-state index contributed by atoms with van der Waals surface area (Å²) >= 11 is 0. The summed E-state index contributed by atoms with van der Waals surface area (Å²) in [6.45, 7) is 5.45. The zero-order valence-corrected chi connectivity index (χ0v) is 16.7. The van der Waals surface area contributed by atoms with Gasteiger partial charge in [-0.15, -0.1) is 0 Å². The maximum absolute atomic E-state index is 12.5. The molecule has 0 spiro atoms. The van der Waals surface area contributed by atoms with Crippen molar-refractivity contribution in [3.63, 3.8) is 0 Å². The topological polar surface area (TPSA) is 67.4 Å². The van der Waals surface area contributed by atoms with Gasteiger partial charge in [0, 0.05) is 5.69 Å². The number of amides is 2. The van der Waals surface area contributed by atoms with Crippen molar-refractivity contribution in [2.24, 2.45) is 5.92 Å². The highest BCUT2D eigenvalue weighted by molar-refractivity contribution is 5.85. The largest absolute Gasteiger partial charge is 0.444 e. The van der Waals surface area contributed by atoms with E-state index >= 15 is 0 Å². The third-order valence-electron chi connectivity index (χ3n) is 4.53. The lowest BCUT2D eigenvalue weighted by molar-refractivity contribution is -0.121. The number of carbonyl (C=O) groups is 2. The molecule has 0 aliphatic heterocycles. The van der Waals surface area contributed by atoms with E-state index in [0.29, 0.717) is 18.0 Å². The van der Waals surface area contributed by atoms with Crippen LogP contribution in [0.1, 0.15) is 50.8 Å². The van der Waals surface area contributed by atoms with Crippen LogP contribution < -0.4 is 10.6 Å². The molecule has 1 fully saturated rings. The zero-order chi connectivity index (χ0) is 20.1. The lowest BCUT2D eigenvalue weighted by Crippen LogP contribution is -2.31. The number of hydrogen-bond donors (Lipinski definition) is 2. The van der Waals surface area contributed by atoms with E-state index < -0.39 is 11.7 Å². The van der Waals surface area contributed by atoms with Crippen molar-refractivity contribution in [1.82, 2.24) is 5.32 Å². The Morgan fingerprint density at radius 3 is 2.25 bits per heavy atom. The van der Waals surface area contributed by atoms with Crippen molar-refractivity contribution in [1.29, 1.82) is 0 Å². The van der Waals surface area contributed by atoms with Crippen molar-refractivity contribution < 1.29 is 14.3 Å². The monoisotopic (exact) mass is 380 g/mol. The van der Waals surface area contributed by atoms with Crippen LogP contribution in [0, 0.1) is 5.92 Å². The minimum Gasteiger partial charge on any atom is -0.444 e. The van der Waals surface area contributed by atoms with E-state index in [4.69, 9.17) is 4.74 Å². The average molecular weight is 380 g/mol. The molecule has 28 heavy (non-hydrogen) atoms. The van der Waals surface area contributed by atoms with E-state index in [2.05, 4.69) is 22.8 Å². The van der Waals surface area contributed by atoms with E-state index in [-0.39, 0.29) is 11.9 Å². The molecule has 1 atom stereocenters. The maximum atomic E-state index is 12.5. The Kier molecular flexibility index (Phi) is 6.02.